The highest BCUT2D eigenvalue weighted by atomic mass is 32.1. The highest BCUT2D eigenvalue weighted by molar-refractivity contribution is 7.80. The van der Waals surface area contributed by atoms with Gasteiger partial charge in [-0.05, 0) is 48.5 Å². The average molecular weight is 259 g/mol. The fraction of sp³-hybridized carbons (Fsp3) is 0.0833. The fourth-order valence-corrected chi connectivity index (χ4v) is 1.59. The molecule has 0 saturated carbocycles. The lowest BCUT2D eigenvalue weighted by atomic mass is 10.1. The van der Waals surface area contributed by atoms with Gasteiger partial charge in [-0.25, -0.2) is 4.68 Å². The maximum atomic E-state index is 5.28. The van der Waals surface area contributed by atoms with E-state index in [0.29, 0.717) is 0 Å². The number of nitrogens with two attached hydrogens (primary N) is 1. The van der Waals surface area contributed by atoms with E-state index in [-0.39, 0.29) is 5.11 Å². The topological polar surface area (TPSA) is 68.2 Å². The van der Waals surface area contributed by atoms with Crippen LogP contribution >= 0.6 is 12.2 Å². The zero-order chi connectivity index (χ0) is 13.0. The highest BCUT2D eigenvalue weighted by Gasteiger charge is 2.00. The zero-order valence-electron chi connectivity index (χ0n) is 9.87. The summed E-state index contributed by atoms with van der Waals surface area (Å²) in [6, 6.07) is 7.87. The lowest BCUT2D eigenvalue weighted by Crippen LogP contribution is -2.24. The molecule has 0 atom stereocenters. The summed E-state index contributed by atoms with van der Waals surface area (Å²) >= 11 is 4.66. The molecule has 0 radical (unpaired) electrons. The molecule has 0 aliphatic rings. The second-order valence-electron chi connectivity index (χ2n) is 3.73. The molecule has 0 fully saturated rings. The Kier molecular flexibility index (Phi) is 3.69. The van der Waals surface area contributed by atoms with Crippen LogP contribution in [0.15, 0.2) is 41.8 Å². The van der Waals surface area contributed by atoms with E-state index in [1.807, 2.05) is 37.4 Å². The van der Waals surface area contributed by atoms with Crippen LogP contribution in [0, 0.1) is 6.92 Å². The van der Waals surface area contributed by atoms with E-state index in [1.165, 1.54) is 0 Å². The van der Waals surface area contributed by atoms with Crippen molar-refractivity contribution in [1.82, 2.24) is 15.2 Å². The quantitative estimate of drug-likeness (QED) is 0.496. The second kappa shape index (κ2) is 5.42. The maximum Gasteiger partial charge on any atom is 0.184 e. The van der Waals surface area contributed by atoms with Crippen molar-refractivity contribution < 1.29 is 0 Å². The molecule has 18 heavy (non-hydrogen) atoms. The summed E-state index contributed by atoms with van der Waals surface area (Å²) < 4.78 is 1.81. The number of aromatic nitrogens is 2. The van der Waals surface area contributed by atoms with Gasteiger partial charge < -0.3 is 5.73 Å². The van der Waals surface area contributed by atoms with Gasteiger partial charge in [-0.3, -0.25) is 5.43 Å². The first kappa shape index (κ1) is 12.3. The van der Waals surface area contributed by atoms with Gasteiger partial charge in [0.2, 0.25) is 0 Å². The Balaban J connectivity index is 2.20. The van der Waals surface area contributed by atoms with Gasteiger partial charge in [0.05, 0.1) is 11.9 Å². The number of hydrogen-bond acceptors (Lipinski definition) is 3. The Bertz CT molecular complexity index is 574. The lowest BCUT2D eigenvalue weighted by molar-refractivity contribution is 0.879. The SMILES string of the molecule is Cc1cc(-n2cccn2)ccc1C=NNC(N)=S. The third kappa shape index (κ3) is 2.92. The molecule has 1 aromatic heterocycles. The minimum absolute atomic E-state index is 0.150. The Morgan fingerprint density at radius 3 is 3.00 bits per heavy atom. The number of benzene rings is 1. The summed E-state index contributed by atoms with van der Waals surface area (Å²) in [5, 5.41) is 8.26. The maximum absolute atomic E-state index is 5.28. The number of thiocarbonyl (C=S) groups is 1. The first-order valence-corrected chi connectivity index (χ1v) is 5.77. The molecular formula is C12H13N5S. The fourth-order valence-electron chi connectivity index (χ4n) is 1.53. The molecule has 6 heteroatoms. The van der Waals surface area contributed by atoms with Gasteiger partial charge >= 0.3 is 0 Å². The first-order valence-electron chi connectivity index (χ1n) is 5.36. The Morgan fingerprint density at radius 2 is 2.39 bits per heavy atom. The van der Waals surface area contributed by atoms with Gasteiger partial charge in [0.15, 0.2) is 5.11 Å². The Morgan fingerprint density at radius 1 is 1.56 bits per heavy atom. The smallest absolute Gasteiger partial charge is 0.184 e. The van der Waals surface area contributed by atoms with Gasteiger partial charge in [-0.15, -0.1) is 0 Å². The van der Waals surface area contributed by atoms with Gasteiger partial charge in [0, 0.05) is 12.4 Å². The van der Waals surface area contributed by atoms with Gasteiger partial charge in [0.1, 0.15) is 0 Å². The monoisotopic (exact) mass is 259 g/mol. The predicted octanol–water partition coefficient (Wildman–Crippen LogP) is 1.35. The molecule has 2 aromatic rings. The van der Waals surface area contributed by atoms with Crippen molar-refractivity contribution >= 4 is 23.5 Å². The molecule has 0 aliphatic heterocycles. The van der Waals surface area contributed by atoms with Crippen LogP contribution in [0.5, 0.6) is 0 Å². The Hall–Kier alpha value is -2.21. The molecule has 0 unspecified atom stereocenters. The number of hydrogen-bond donors (Lipinski definition) is 2. The average Bonchev–Trinajstić information content (AvgIpc) is 2.84. The largest absolute Gasteiger partial charge is 0.375 e. The van der Waals surface area contributed by atoms with Crippen LogP contribution in [-0.4, -0.2) is 21.1 Å². The van der Waals surface area contributed by atoms with Crippen LogP contribution in [0.4, 0.5) is 0 Å². The van der Waals surface area contributed by atoms with Gasteiger partial charge in [0.25, 0.3) is 0 Å². The van der Waals surface area contributed by atoms with Crippen molar-refractivity contribution in [3.05, 3.63) is 47.8 Å². The molecule has 92 valence electrons. The molecule has 0 spiro atoms. The van der Waals surface area contributed by atoms with Crippen molar-refractivity contribution in [3.8, 4) is 5.69 Å². The van der Waals surface area contributed by atoms with Crippen molar-refractivity contribution in [2.75, 3.05) is 0 Å². The normalized spacial score (nSPS) is 10.7. The van der Waals surface area contributed by atoms with E-state index < -0.39 is 0 Å². The van der Waals surface area contributed by atoms with Crippen LogP contribution in [0.2, 0.25) is 0 Å². The molecule has 1 heterocycles. The first-order chi connectivity index (χ1) is 8.66. The van der Waals surface area contributed by atoms with Crippen LogP contribution < -0.4 is 11.2 Å². The molecular weight excluding hydrogens is 246 g/mol. The summed E-state index contributed by atoms with van der Waals surface area (Å²) in [5.41, 5.74) is 10.9. The van der Waals surface area contributed by atoms with E-state index in [1.54, 1.807) is 17.1 Å². The summed E-state index contributed by atoms with van der Waals surface area (Å²) in [7, 11) is 0. The predicted molar refractivity (Wildman–Crippen MR) is 75.8 cm³/mol. The van der Waals surface area contributed by atoms with Crippen LogP contribution in [0.1, 0.15) is 11.1 Å². The number of rotatable bonds is 3. The molecule has 0 saturated heterocycles. The number of nitrogens with zero attached hydrogens (tertiary/aromatic N) is 3. The molecule has 1 aromatic carbocycles. The third-order valence-electron chi connectivity index (χ3n) is 2.40. The summed E-state index contributed by atoms with van der Waals surface area (Å²) in [6.07, 6.45) is 5.33. The standard InChI is InChI=1S/C12H13N5S/c1-9-7-11(17-6-2-5-15-17)4-3-10(9)8-14-16-12(13)18/h2-8H,1H3,(H3,13,16,18). The zero-order valence-corrected chi connectivity index (χ0v) is 10.7. The summed E-state index contributed by atoms with van der Waals surface area (Å²) in [5.74, 6) is 0. The second-order valence-corrected chi connectivity index (χ2v) is 4.17. The highest BCUT2D eigenvalue weighted by Crippen LogP contribution is 2.12. The third-order valence-corrected chi connectivity index (χ3v) is 2.49. The van der Waals surface area contributed by atoms with E-state index >= 15 is 0 Å². The summed E-state index contributed by atoms with van der Waals surface area (Å²) in [6.45, 7) is 2.01. The molecule has 5 nitrogen and oxygen atoms in total. The molecule has 0 bridgehead atoms. The van der Waals surface area contributed by atoms with Gasteiger partial charge in [-0.1, -0.05) is 6.07 Å². The van der Waals surface area contributed by atoms with Gasteiger partial charge in [-0.2, -0.15) is 10.2 Å². The molecule has 2 rings (SSSR count). The minimum Gasteiger partial charge on any atom is -0.375 e. The van der Waals surface area contributed by atoms with E-state index in [0.717, 1.165) is 16.8 Å². The molecule has 3 N–H and O–H groups in total. The van der Waals surface area contributed by atoms with Crippen molar-refractivity contribution in [2.45, 2.75) is 6.92 Å². The van der Waals surface area contributed by atoms with Crippen molar-refractivity contribution in [2.24, 2.45) is 10.8 Å². The van der Waals surface area contributed by atoms with Crippen LogP contribution in [0.3, 0.4) is 0 Å². The number of aryl methyl sites for hydroxylation is 1. The molecule has 0 aliphatic carbocycles. The number of nitrogens with one attached hydrogen (secondary N) is 1. The summed E-state index contributed by atoms with van der Waals surface area (Å²) in [4.78, 5) is 0. The van der Waals surface area contributed by atoms with E-state index in [9.17, 15) is 0 Å². The van der Waals surface area contributed by atoms with E-state index in [2.05, 4.69) is 27.8 Å². The lowest BCUT2D eigenvalue weighted by Gasteiger charge is -2.05. The molecule has 0 amide bonds. The van der Waals surface area contributed by atoms with Crippen molar-refractivity contribution in [3.63, 3.8) is 0 Å². The van der Waals surface area contributed by atoms with Crippen molar-refractivity contribution in [1.29, 1.82) is 0 Å². The Labute approximate surface area is 110 Å². The van der Waals surface area contributed by atoms with E-state index in [4.69, 9.17) is 5.73 Å². The minimum atomic E-state index is 0.150. The van der Waals surface area contributed by atoms with Crippen LogP contribution in [0.25, 0.3) is 5.69 Å². The van der Waals surface area contributed by atoms with Crippen LogP contribution in [-0.2, 0) is 0 Å². The number of hydrazone groups is 1.